The molecule has 0 aliphatic heterocycles. The van der Waals surface area contributed by atoms with Crippen molar-refractivity contribution in [2.75, 3.05) is 13.2 Å². The molecule has 0 fully saturated rings. The molecule has 2 aromatic carbocycles. The quantitative estimate of drug-likeness (QED) is 0.227. The Labute approximate surface area is 203 Å². The first-order valence-corrected chi connectivity index (χ1v) is 12.5. The Morgan fingerprint density at radius 1 is 0.706 bits per heavy atom. The van der Waals surface area contributed by atoms with Gasteiger partial charge in [-0.15, -0.1) is 0 Å². The van der Waals surface area contributed by atoms with Crippen LogP contribution < -0.4 is 9.47 Å². The average molecular weight is 465 g/mol. The summed E-state index contributed by atoms with van der Waals surface area (Å²) in [4.78, 5) is 9.07. The average Bonchev–Trinajstić information content (AvgIpc) is 2.87. The van der Waals surface area contributed by atoms with E-state index in [1.165, 1.54) is 32.1 Å². The van der Waals surface area contributed by atoms with E-state index in [1.54, 1.807) is 0 Å². The number of halogens is 1. The minimum absolute atomic E-state index is 0.0521. The van der Waals surface area contributed by atoms with Gasteiger partial charge in [-0.3, -0.25) is 0 Å². The Kier molecular flexibility index (Phi) is 10.3. The van der Waals surface area contributed by atoms with Crippen LogP contribution in [0.15, 0.2) is 60.9 Å². The summed E-state index contributed by atoms with van der Waals surface area (Å²) in [5.74, 6) is 2.16. The van der Waals surface area contributed by atoms with Crippen molar-refractivity contribution in [3.05, 3.63) is 60.9 Å². The Bertz CT molecular complexity index is 957. The van der Waals surface area contributed by atoms with Gasteiger partial charge in [-0.2, -0.15) is 0 Å². The van der Waals surface area contributed by atoms with Gasteiger partial charge in [0.25, 0.3) is 0 Å². The Hall–Kier alpha value is -2.95. The molecule has 34 heavy (non-hydrogen) atoms. The summed E-state index contributed by atoms with van der Waals surface area (Å²) >= 11 is 0. The maximum absolute atomic E-state index is 13.7. The van der Waals surface area contributed by atoms with Gasteiger partial charge in [0.15, 0.2) is 5.82 Å². The van der Waals surface area contributed by atoms with Crippen LogP contribution in [0.3, 0.4) is 0 Å². The molecule has 0 amide bonds. The topological polar surface area (TPSA) is 44.2 Å². The van der Waals surface area contributed by atoms with Gasteiger partial charge in [0.2, 0.25) is 0 Å². The molecule has 0 aliphatic carbocycles. The minimum atomic E-state index is -0.971. The highest BCUT2D eigenvalue weighted by Crippen LogP contribution is 2.24. The van der Waals surface area contributed by atoms with Crippen molar-refractivity contribution < 1.29 is 13.9 Å². The lowest BCUT2D eigenvalue weighted by molar-refractivity contribution is 0.155. The predicted octanol–water partition coefficient (Wildman–Crippen LogP) is 7.92. The lowest BCUT2D eigenvalue weighted by Gasteiger charge is -2.13. The molecule has 0 saturated carbocycles. The number of hydrogen-bond donors (Lipinski definition) is 0. The van der Waals surface area contributed by atoms with E-state index in [9.17, 15) is 4.39 Å². The predicted molar refractivity (Wildman–Crippen MR) is 137 cm³/mol. The summed E-state index contributed by atoms with van der Waals surface area (Å²) in [7, 11) is 0. The van der Waals surface area contributed by atoms with Gasteiger partial charge in [0, 0.05) is 23.5 Å². The molecule has 4 nitrogen and oxygen atoms in total. The first-order valence-electron chi connectivity index (χ1n) is 12.5. The molecule has 1 atom stereocenters. The maximum atomic E-state index is 13.7. The van der Waals surface area contributed by atoms with Gasteiger partial charge in [-0.1, -0.05) is 65.0 Å². The smallest absolute Gasteiger partial charge is 0.159 e. The fourth-order valence-corrected chi connectivity index (χ4v) is 3.51. The molecule has 0 aliphatic rings. The van der Waals surface area contributed by atoms with Crippen molar-refractivity contribution in [3.63, 3.8) is 0 Å². The van der Waals surface area contributed by atoms with Crippen LogP contribution in [0.1, 0.15) is 59.3 Å². The molecule has 1 aromatic heterocycles. The minimum Gasteiger partial charge on any atom is -0.494 e. The van der Waals surface area contributed by atoms with Gasteiger partial charge in [0.1, 0.15) is 24.3 Å². The van der Waals surface area contributed by atoms with E-state index in [4.69, 9.17) is 9.47 Å². The SMILES string of the molecule is CCCCCCCCOc1ccc(-c2ncc(-c3ccc(OCC(F)C(C)C)cc3)cn2)cc1. The third-order valence-electron chi connectivity index (χ3n) is 5.85. The Balaban J connectivity index is 1.49. The second kappa shape index (κ2) is 13.7. The lowest BCUT2D eigenvalue weighted by Crippen LogP contribution is -2.18. The molecule has 182 valence electrons. The fraction of sp³-hybridized carbons (Fsp3) is 0.448. The van der Waals surface area contributed by atoms with Crippen LogP contribution in [0.25, 0.3) is 22.5 Å². The number of nitrogens with zero attached hydrogens (tertiary/aromatic N) is 2. The zero-order chi connectivity index (χ0) is 24.2. The fourth-order valence-electron chi connectivity index (χ4n) is 3.51. The van der Waals surface area contributed by atoms with Crippen molar-refractivity contribution >= 4 is 0 Å². The van der Waals surface area contributed by atoms with E-state index in [1.807, 2.05) is 74.8 Å². The van der Waals surface area contributed by atoms with Crippen molar-refractivity contribution in [3.8, 4) is 34.0 Å². The van der Waals surface area contributed by atoms with Crippen LogP contribution in [-0.4, -0.2) is 29.4 Å². The molecule has 3 aromatic rings. The van der Waals surface area contributed by atoms with Gasteiger partial charge < -0.3 is 9.47 Å². The van der Waals surface area contributed by atoms with Crippen LogP contribution in [0.5, 0.6) is 11.5 Å². The van der Waals surface area contributed by atoms with Crippen molar-refractivity contribution in [2.45, 2.75) is 65.5 Å². The lowest BCUT2D eigenvalue weighted by atomic mass is 10.1. The van der Waals surface area contributed by atoms with E-state index in [0.29, 0.717) is 11.6 Å². The molecule has 0 radical (unpaired) electrons. The number of hydrogen-bond acceptors (Lipinski definition) is 4. The third kappa shape index (κ3) is 8.12. The number of rotatable bonds is 14. The van der Waals surface area contributed by atoms with E-state index < -0.39 is 6.17 Å². The summed E-state index contributed by atoms with van der Waals surface area (Å²) in [5.41, 5.74) is 2.85. The monoisotopic (exact) mass is 464 g/mol. The molecule has 0 bridgehead atoms. The highest BCUT2D eigenvalue weighted by Gasteiger charge is 2.12. The number of unbranched alkanes of at least 4 members (excludes halogenated alkanes) is 5. The number of ether oxygens (including phenoxy) is 2. The van der Waals surface area contributed by atoms with E-state index in [2.05, 4.69) is 16.9 Å². The molecule has 3 rings (SSSR count). The van der Waals surface area contributed by atoms with Gasteiger partial charge in [-0.25, -0.2) is 14.4 Å². The molecule has 0 saturated heterocycles. The van der Waals surface area contributed by atoms with E-state index in [0.717, 1.165) is 35.5 Å². The third-order valence-corrected chi connectivity index (χ3v) is 5.85. The number of aromatic nitrogens is 2. The van der Waals surface area contributed by atoms with Crippen molar-refractivity contribution in [1.82, 2.24) is 9.97 Å². The summed E-state index contributed by atoms with van der Waals surface area (Å²) in [6.45, 7) is 6.76. The number of alkyl halides is 1. The zero-order valence-corrected chi connectivity index (χ0v) is 20.7. The van der Waals surface area contributed by atoms with Crippen molar-refractivity contribution in [1.29, 1.82) is 0 Å². The van der Waals surface area contributed by atoms with Gasteiger partial charge in [-0.05, 0) is 54.3 Å². The zero-order valence-electron chi connectivity index (χ0n) is 20.7. The Morgan fingerprint density at radius 2 is 1.26 bits per heavy atom. The van der Waals surface area contributed by atoms with Crippen LogP contribution in [0, 0.1) is 5.92 Å². The van der Waals surface area contributed by atoms with Gasteiger partial charge >= 0.3 is 0 Å². The molecular formula is C29H37FN2O2. The molecule has 1 unspecified atom stereocenters. The molecule has 0 spiro atoms. The summed E-state index contributed by atoms with van der Waals surface area (Å²) in [6.07, 6.45) is 10.2. The van der Waals surface area contributed by atoms with Crippen molar-refractivity contribution in [2.24, 2.45) is 5.92 Å². The normalized spacial score (nSPS) is 12.0. The highest BCUT2D eigenvalue weighted by molar-refractivity contribution is 5.64. The molecule has 0 N–H and O–H groups in total. The summed E-state index contributed by atoms with van der Waals surface area (Å²) in [5, 5.41) is 0. The second-order valence-corrected chi connectivity index (χ2v) is 9.03. The number of benzene rings is 2. The summed E-state index contributed by atoms with van der Waals surface area (Å²) < 4.78 is 25.1. The Morgan fingerprint density at radius 3 is 1.88 bits per heavy atom. The highest BCUT2D eigenvalue weighted by atomic mass is 19.1. The molecule has 1 heterocycles. The molecular weight excluding hydrogens is 427 g/mol. The van der Waals surface area contributed by atoms with E-state index >= 15 is 0 Å². The van der Waals surface area contributed by atoms with Crippen LogP contribution in [0.4, 0.5) is 4.39 Å². The maximum Gasteiger partial charge on any atom is 0.159 e. The van der Waals surface area contributed by atoms with Crippen LogP contribution in [0.2, 0.25) is 0 Å². The standard InChI is InChI=1S/C29H37FN2O2/c1-4-5-6-7-8-9-18-33-26-16-12-24(13-17-26)29-31-19-25(20-32-29)23-10-14-27(15-11-23)34-21-28(30)22(2)3/h10-17,19-20,22,28H,4-9,18,21H2,1-3H3. The van der Waals surface area contributed by atoms with Gasteiger partial charge in [0.05, 0.1) is 6.61 Å². The first kappa shape index (κ1) is 25.7. The second-order valence-electron chi connectivity index (χ2n) is 9.03. The van der Waals surface area contributed by atoms with Crippen LogP contribution >= 0.6 is 0 Å². The molecule has 5 heteroatoms. The van der Waals surface area contributed by atoms with Crippen LogP contribution in [-0.2, 0) is 0 Å². The van der Waals surface area contributed by atoms with E-state index in [-0.39, 0.29) is 12.5 Å². The largest absolute Gasteiger partial charge is 0.494 e. The summed E-state index contributed by atoms with van der Waals surface area (Å²) in [6, 6.07) is 15.5. The first-order chi connectivity index (χ1) is 16.6.